The molecule has 5 heteroatoms. The summed E-state index contributed by atoms with van der Waals surface area (Å²) in [4.78, 5) is 4.03. The normalized spacial score (nSPS) is 10.1. The van der Waals surface area contributed by atoms with E-state index < -0.39 is 0 Å². The predicted octanol–water partition coefficient (Wildman–Crippen LogP) is 2.35. The average molecular weight is 260 g/mol. The number of nitrogens with zero attached hydrogens (tertiary/aromatic N) is 1. The van der Waals surface area contributed by atoms with Gasteiger partial charge in [-0.15, -0.1) is 0 Å². The number of rotatable bonds is 5. The molecule has 0 aliphatic rings. The van der Waals surface area contributed by atoms with Crippen molar-refractivity contribution in [3.63, 3.8) is 0 Å². The van der Waals surface area contributed by atoms with Crippen LogP contribution in [0.1, 0.15) is 5.56 Å². The summed E-state index contributed by atoms with van der Waals surface area (Å²) in [7, 11) is 3.18. The Kier molecular flexibility index (Phi) is 4.20. The SMILES string of the molecule is COc1cc(OC)cc(Oc2cnccc2CN)c1. The molecule has 0 atom stereocenters. The summed E-state index contributed by atoms with van der Waals surface area (Å²) in [6, 6.07) is 7.15. The van der Waals surface area contributed by atoms with Crippen molar-refractivity contribution in [3.8, 4) is 23.0 Å². The molecule has 0 saturated carbocycles. The number of methoxy groups -OCH3 is 2. The molecule has 0 aliphatic carbocycles. The molecule has 0 unspecified atom stereocenters. The molecule has 0 spiro atoms. The van der Waals surface area contributed by atoms with Crippen LogP contribution in [-0.2, 0) is 6.54 Å². The number of hydrogen-bond donors (Lipinski definition) is 1. The summed E-state index contributed by atoms with van der Waals surface area (Å²) >= 11 is 0. The highest BCUT2D eigenvalue weighted by Gasteiger charge is 2.07. The van der Waals surface area contributed by atoms with E-state index in [1.54, 1.807) is 44.8 Å². The van der Waals surface area contributed by atoms with Crippen LogP contribution in [0.2, 0.25) is 0 Å². The zero-order valence-electron chi connectivity index (χ0n) is 10.9. The van der Waals surface area contributed by atoms with E-state index in [1.165, 1.54) is 0 Å². The van der Waals surface area contributed by atoms with Gasteiger partial charge >= 0.3 is 0 Å². The lowest BCUT2D eigenvalue weighted by atomic mass is 10.2. The Morgan fingerprint density at radius 2 is 1.68 bits per heavy atom. The molecule has 0 bridgehead atoms. The van der Waals surface area contributed by atoms with Crippen molar-refractivity contribution in [3.05, 3.63) is 42.2 Å². The Balaban J connectivity index is 2.32. The Morgan fingerprint density at radius 1 is 1.05 bits per heavy atom. The number of pyridine rings is 1. The van der Waals surface area contributed by atoms with Crippen LogP contribution in [0, 0.1) is 0 Å². The molecule has 100 valence electrons. The molecule has 1 heterocycles. The van der Waals surface area contributed by atoms with Gasteiger partial charge in [0, 0.05) is 36.5 Å². The van der Waals surface area contributed by atoms with Gasteiger partial charge in [0.2, 0.25) is 0 Å². The lowest BCUT2D eigenvalue weighted by molar-refractivity contribution is 0.386. The van der Waals surface area contributed by atoms with Crippen molar-refractivity contribution in [1.82, 2.24) is 4.98 Å². The Morgan fingerprint density at radius 3 is 2.26 bits per heavy atom. The fourth-order valence-corrected chi connectivity index (χ4v) is 1.64. The first-order valence-electron chi connectivity index (χ1n) is 5.80. The molecule has 0 aliphatic heterocycles. The highest BCUT2D eigenvalue weighted by Crippen LogP contribution is 2.31. The van der Waals surface area contributed by atoms with E-state index >= 15 is 0 Å². The highest BCUT2D eigenvalue weighted by molar-refractivity contribution is 5.44. The third-order valence-corrected chi connectivity index (χ3v) is 2.64. The minimum Gasteiger partial charge on any atom is -0.496 e. The highest BCUT2D eigenvalue weighted by atomic mass is 16.5. The monoisotopic (exact) mass is 260 g/mol. The number of ether oxygens (including phenoxy) is 3. The summed E-state index contributed by atoms with van der Waals surface area (Å²) in [5.74, 6) is 2.55. The molecule has 2 aromatic rings. The van der Waals surface area contributed by atoms with E-state index in [0.29, 0.717) is 29.5 Å². The molecular weight excluding hydrogens is 244 g/mol. The molecule has 0 saturated heterocycles. The summed E-state index contributed by atoms with van der Waals surface area (Å²) in [5.41, 5.74) is 6.55. The van der Waals surface area contributed by atoms with Crippen LogP contribution in [0.4, 0.5) is 0 Å². The molecular formula is C14H16N2O3. The summed E-state index contributed by atoms with van der Waals surface area (Å²) in [6.45, 7) is 0.388. The van der Waals surface area contributed by atoms with Gasteiger partial charge in [-0.1, -0.05) is 0 Å². The average Bonchev–Trinajstić information content (AvgIpc) is 2.47. The van der Waals surface area contributed by atoms with Crippen molar-refractivity contribution in [2.24, 2.45) is 5.73 Å². The van der Waals surface area contributed by atoms with Crippen molar-refractivity contribution in [2.75, 3.05) is 14.2 Å². The van der Waals surface area contributed by atoms with E-state index in [4.69, 9.17) is 19.9 Å². The van der Waals surface area contributed by atoms with Crippen LogP contribution in [-0.4, -0.2) is 19.2 Å². The Labute approximate surface area is 111 Å². The quantitative estimate of drug-likeness (QED) is 0.893. The molecule has 2 rings (SSSR count). The van der Waals surface area contributed by atoms with E-state index in [0.717, 1.165) is 5.56 Å². The van der Waals surface area contributed by atoms with Crippen LogP contribution in [0.25, 0.3) is 0 Å². The second-order valence-corrected chi connectivity index (χ2v) is 3.84. The van der Waals surface area contributed by atoms with Crippen LogP contribution in [0.5, 0.6) is 23.0 Å². The maximum atomic E-state index is 5.78. The van der Waals surface area contributed by atoms with Crippen molar-refractivity contribution in [1.29, 1.82) is 0 Å². The van der Waals surface area contributed by atoms with Crippen molar-refractivity contribution < 1.29 is 14.2 Å². The van der Waals surface area contributed by atoms with Gasteiger partial charge in [-0.05, 0) is 6.07 Å². The second kappa shape index (κ2) is 6.06. The maximum absolute atomic E-state index is 5.78. The number of benzene rings is 1. The predicted molar refractivity (Wildman–Crippen MR) is 71.7 cm³/mol. The van der Waals surface area contributed by atoms with Gasteiger partial charge < -0.3 is 19.9 Å². The third kappa shape index (κ3) is 3.14. The first-order chi connectivity index (χ1) is 9.26. The van der Waals surface area contributed by atoms with E-state index in [-0.39, 0.29) is 0 Å². The molecule has 1 aromatic carbocycles. The first kappa shape index (κ1) is 13.2. The standard InChI is InChI=1S/C14H16N2O3/c1-17-11-5-12(18-2)7-13(6-11)19-14-9-16-4-3-10(14)8-15/h3-7,9H,8,15H2,1-2H3. The fourth-order valence-electron chi connectivity index (χ4n) is 1.64. The van der Waals surface area contributed by atoms with E-state index in [9.17, 15) is 0 Å². The van der Waals surface area contributed by atoms with Crippen LogP contribution in [0.3, 0.4) is 0 Å². The minimum absolute atomic E-state index is 0.388. The molecule has 2 N–H and O–H groups in total. The molecule has 0 fully saturated rings. The van der Waals surface area contributed by atoms with E-state index in [2.05, 4.69) is 4.98 Å². The number of hydrogen-bond acceptors (Lipinski definition) is 5. The van der Waals surface area contributed by atoms with E-state index in [1.807, 2.05) is 6.07 Å². The minimum atomic E-state index is 0.388. The maximum Gasteiger partial charge on any atom is 0.150 e. The van der Waals surface area contributed by atoms with Crippen molar-refractivity contribution >= 4 is 0 Å². The number of nitrogens with two attached hydrogens (primary N) is 1. The molecule has 5 nitrogen and oxygen atoms in total. The van der Waals surface area contributed by atoms with Crippen LogP contribution < -0.4 is 19.9 Å². The van der Waals surface area contributed by atoms with Gasteiger partial charge in [-0.2, -0.15) is 0 Å². The summed E-state index contributed by atoms with van der Waals surface area (Å²) in [5, 5.41) is 0. The third-order valence-electron chi connectivity index (χ3n) is 2.64. The van der Waals surface area contributed by atoms with Gasteiger partial charge in [-0.25, -0.2) is 0 Å². The summed E-state index contributed by atoms with van der Waals surface area (Å²) in [6.07, 6.45) is 3.31. The molecule has 19 heavy (non-hydrogen) atoms. The fraction of sp³-hybridized carbons (Fsp3) is 0.214. The number of aromatic nitrogens is 1. The lowest BCUT2D eigenvalue weighted by Crippen LogP contribution is -2.00. The van der Waals surface area contributed by atoms with Gasteiger partial charge in [0.05, 0.1) is 20.4 Å². The molecule has 0 radical (unpaired) electrons. The first-order valence-corrected chi connectivity index (χ1v) is 5.80. The summed E-state index contributed by atoms with van der Waals surface area (Å²) < 4.78 is 16.2. The lowest BCUT2D eigenvalue weighted by Gasteiger charge is -2.11. The molecule has 0 amide bonds. The van der Waals surface area contributed by atoms with Crippen LogP contribution in [0.15, 0.2) is 36.7 Å². The van der Waals surface area contributed by atoms with Gasteiger partial charge in [0.1, 0.15) is 23.0 Å². The zero-order valence-corrected chi connectivity index (χ0v) is 10.9. The largest absolute Gasteiger partial charge is 0.496 e. The zero-order chi connectivity index (χ0) is 13.7. The van der Waals surface area contributed by atoms with Gasteiger partial charge in [0.15, 0.2) is 0 Å². The van der Waals surface area contributed by atoms with Gasteiger partial charge in [0.25, 0.3) is 0 Å². The van der Waals surface area contributed by atoms with Crippen molar-refractivity contribution in [2.45, 2.75) is 6.54 Å². The Bertz CT molecular complexity index is 536. The van der Waals surface area contributed by atoms with Crippen LogP contribution >= 0.6 is 0 Å². The Hall–Kier alpha value is -2.27. The smallest absolute Gasteiger partial charge is 0.150 e. The van der Waals surface area contributed by atoms with Gasteiger partial charge in [-0.3, -0.25) is 4.98 Å². The second-order valence-electron chi connectivity index (χ2n) is 3.84. The topological polar surface area (TPSA) is 66.6 Å². The molecule has 1 aromatic heterocycles.